The molecule has 3 rings (SSSR count). The van der Waals surface area contributed by atoms with Gasteiger partial charge < -0.3 is 20.4 Å². The number of rotatable bonds is 10. The summed E-state index contributed by atoms with van der Waals surface area (Å²) in [6, 6.07) is 17.2. The second kappa shape index (κ2) is 12.4. The molecule has 3 N–H and O–H groups in total. The molecule has 0 aliphatic carbocycles. The second-order valence-corrected chi connectivity index (χ2v) is 8.05. The number of H-pyrrole nitrogens is 1. The van der Waals surface area contributed by atoms with E-state index in [9.17, 15) is 19.2 Å². The Kier molecular flexibility index (Phi) is 8.98. The van der Waals surface area contributed by atoms with E-state index in [0.29, 0.717) is 17.9 Å². The van der Waals surface area contributed by atoms with Crippen molar-refractivity contribution >= 4 is 35.2 Å². The number of ether oxygens (including phenoxy) is 1. The molecule has 0 saturated heterocycles. The zero-order valence-corrected chi connectivity index (χ0v) is 19.3. The highest BCUT2D eigenvalue weighted by molar-refractivity contribution is 7.99. The van der Waals surface area contributed by atoms with Gasteiger partial charge in [-0.1, -0.05) is 54.2 Å². The summed E-state index contributed by atoms with van der Waals surface area (Å²) in [5, 5.41) is 5.67. The quantitative estimate of drug-likeness (QED) is 0.231. The monoisotopic (exact) mass is 480 g/mol. The molecule has 0 saturated carbocycles. The molecule has 1 heterocycles. The molecular weight excluding hydrogens is 456 g/mol. The summed E-state index contributed by atoms with van der Waals surface area (Å²) in [7, 11) is 0. The molecule has 9 nitrogen and oxygen atoms in total. The van der Waals surface area contributed by atoms with Crippen LogP contribution in [0.1, 0.15) is 28.5 Å². The summed E-state index contributed by atoms with van der Waals surface area (Å²) < 4.78 is 5.00. The molecule has 0 bridgehead atoms. The number of nitrogens with zero attached hydrogens (tertiary/aromatic N) is 1. The highest BCUT2D eigenvalue weighted by Crippen LogP contribution is 2.18. The van der Waals surface area contributed by atoms with E-state index in [2.05, 4.69) is 20.6 Å². The van der Waals surface area contributed by atoms with Gasteiger partial charge in [-0.05, 0) is 24.6 Å². The topological polar surface area (TPSA) is 130 Å². The maximum Gasteiger partial charge on any atom is 0.340 e. The summed E-state index contributed by atoms with van der Waals surface area (Å²) in [6.07, 6.45) is -0.0660. The molecular formula is C24H24N4O5S. The first-order valence-electron chi connectivity index (χ1n) is 10.5. The number of hydrogen-bond acceptors (Lipinski definition) is 7. The summed E-state index contributed by atoms with van der Waals surface area (Å²) in [5.41, 5.74) is 1.41. The Morgan fingerprint density at radius 1 is 1.03 bits per heavy atom. The minimum absolute atomic E-state index is 0.0657. The molecule has 0 radical (unpaired) electrons. The van der Waals surface area contributed by atoms with Crippen molar-refractivity contribution in [2.45, 2.75) is 25.0 Å². The molecule has 0 aliphatic rings. The van der Waals surface area contributed by atoms with Crippen LogP contribution in [-0.2, 0) is 27.3 Å². The zero-order chi connectivity index (χ0) is 24.3. The highest BCUT2D eigenvalue weighted by Gasteiger charge is 2.15. The van der Waals surface area contributed by atoms with Gasteiger partial charge in [-0.2, -0.15) is 0 Å². The van der Waals surface area contributed by atoms with Gasteiger partial charge in [0.05, 0.1) is 35.7 Å². The molecule has 2 aromatic carbocycles. The van der Waals surface area contributed by atoms with Gasteiger partial charge in [0.2, 0.25) is 11.8 Å². The molecule has 1 aromatic heterocycles. The van der Waals surface area contributed by atoms with E-state index in [1.807, 2.05) is 30.3 Å². The van der Waals surface area contributed by atoms with Crippen LogP contribution in [0.2, 0.25) is 0 Å². The van der Waals surface area contributed by atoms with Gasteiger partial charge in [0.15, 0.2) is 5.16 Å². The van der Waals surface area contributed by atoms with Crippen LogP contribution in [0.25, 0.3) is 0 Å². The number of anilines is 1. The van der Waals surface area contributed by atoms with Crippen LogP contribution in [0.3, 0.4) is 0 Å². The molecule has 176 valence electrons. The zero-order valence-electron chi connectivity index (χ0n) is 18.5. The third-order valence-electron chi connectivity index (χ3n) is 4.48. The number of esters is 1. The van der Waals surface area contributed by atoms with Crippen molar-refractivity contribution in [3.05, 3.63) is 87.8 Å². The number of amides is 2. The summed E-state index contributed by atoms with van der Waals surface area (Å²) in [5.74, 6) is -1.26. The van der Waals surface area contributed by atoms with Crippen LogP contribution in [0, 0.1) is 0 Å². The van der Waals surface area contributed by atoms with E-state index in [-0.39, 0.29) is 35.4 Å². The van der Waals surface area contributed by atoms with Crippen LogP contribution in [0.5, 0.6) is 0 Å². The fraction of sp³-hybridized carbons (Fsp3) is 0.208. The molecule has 0 aliphatic heterocycles. The molecule has 3 aromatic rings. The number of carbonyl (C=O) groups is 3. The third kappa shape index (κ3) is 7.59. The lowest BCUT2D eigenvalue weighted by Gasteiger charge is -2.10. The number of aromatic nitrogens is 2. The van der Waals surface area contributed by atoms with E-state index in [1.54, 1.807) is 31.2 Å². The van der Waals surface area contributed by atoms with Crippen LogP contribution < -0.4 is 16.2 Å². The predicted molar refractivity (Wildman–Crippen MR) is 129 cm³/mol. The Bertz CT molecular complexity index is 1210. The van der Waals surface area contributed by atoms with Crippen LogP contribution >= 0.6 is 11.8 Å². The number of aromatic amines is 1. The van der Waals surface area contributed by atoms with E-state index in [4.69, 9.17) is 4.74 Å². The first-order chi connectivity index (χ1) is 16.4. The lowest BCUT2D eigenvalue weighted by atomic mass is 10.2. The normalized spacial score (nSPS) is 10.4. The first kappa shape index (κ1) is 24.7. The number of nitrogens with one attached hydrogen (secondary N) is 3. The molecule has 10 heteroatoms. The molecule has 34 heavy (non-hydrogen) atoms. The molecule has 0 fully saturated rings. The lowest BCUT2D eigenvalue weighted by molar-refractivity contribution is -0.120. The van der Waals surface area contributed by atoms with E-state index in [0.717, 1.165) is 17.3 Å². The van der Waals surface area contributed by atoms with Crippen molar-refractivity contribution in [3.63, 3.8) is 0 Å². The SMILES string of the molecule is CCOC(=O)c1ccccc1NC(=O)CSc1nc(CC(=O)NCc2ccccc2)cc(=O)[nH]1. The second-order valence-electron chi connectivity index (χ2n) is 7.08. The van der Waals surface area contributed by atoms with E-state index < -0.39 is 17.4 Å². The highest BCUT2D eigenvalue weighted by atomic mass is 32.2. The lowest BCUT2D eigenvalue weighted by Crippen LogP contribution is -2.26. The minimum atomic E-state index is -0.532. The van der Waals surface area contributed by atoms with Crippen LogP contribution in [-0.4, -0.2) is 40.1 Å². The largest absolute Gasteiger partial charge is 0.462 e. The Labute approximate surface area is 200 Å². The fourth-order valence-electron chi connectivity index (χ4n) is 2.97. The van der Waals surface area contributed by atoms with Crippen LogP contribution in [0.15, 0.2) is 70.6 Å². The number of benzene rings is 2. The van der Waals surface area contributed by atoms with E-state index >= 15 is 0 Å². The maximum atomic E-state index is 12.4. The van der Waals surface area contributed by atoms with Gasteiger partial charge in [0.25, 0.3) is 5.56 Å². The molecule has 0 atom stereocenters. The van der Waals surface area contributed by atoms with Gasteiger partial charge in [-0.3, -0.25) is 14.4 Å². The number of para-hydroxylation sites is 1. The average molecular weight is 481 g/mol. The average Bonchev–Trinajstić information content (AvgIpc) is 2.82. The van der Waals surface area contributed by atoms with Gasteiger partial charge in [-0.15, -0.1) is 0 Å². The third-order valence-corrected chi connectivity index (χ3v) is 5.36. The number of hydrogen-bond donors (Lipinski definition) is 3. The Hall–Kier alpha value is -3.92. The van der Waals surface area contributed by atoms with Gasteiger partial charge in [0, 0.05) is 12.6 Å². The predicted octanol–water partition coefficient (Wildman–Crippen LogP) is 2.54. The molecule has 2 amide bonds. The minimum Gasteiger partial charge on any atom is -0.462 e. The van der Waals surface area contributed by atoms with Gasteiger partial charge >= 0.3 is 5.97 Å². The summed E-state index contributed by atoms with van der Waals surface area (Å²) in [6.45, 7) is 2.29. The Morgan fingerprint density at radius 3 is 2.53 bits per heavy atom. The van der Waals surface area contributed by atoms with Crippen molar-refractivity contribution in [1.29, 1.82) is 0 Å². The van der Waals surface area contributed by atoms with Crippen molar-refractivity contribution in [2.75, 3.05) is 17.7 Å². The van der Waals surface area contributed by atoms with Crippen LogP contribution in [0.4, 0.5) is 5.69 Å². The molecule has 0 spiro atoms. The van der Waals surface area contributed by atoms with Gasteiger partial charge in [-0.25, -0.2) is 9.78 Å². The van der Waals surface area contributed by atoms with Crippen molar-refractivity contribution < 1.29 is 19.1 Å². The maximum absolute atomic E-state index is 12.4. The van der Waals surface area contributed by atoms with Crippen molar-refractivity contribution in [2.24, 2.45) is 0 Å². The standard InChI is InChI=1S/C24H24N4O5S/c1-2-33-23(32)18-10-6-7-11-19(18)27-22(31)15-34-24-26-17(13-21(30)28-24)12-20(29)25-14-16-8-4-3-5-9-16/h3-11,13H,2,12,14-15H2,1H3,(H,25,29)(H,27,31)(H,26,28,30). The fourth-order valence-corrected chi connectivity index (χ4v) is 3.66. The molecule has 0 unspecified atom stereocenters. The Balaban J connectivity index is 1.56. The van der Waals surface area contributed by atoms with E-state index in [1.165, 1.54) is 6.07 Å². The number of thioether (sulfide) groups is 1. The summed E-state index contributed by atoms with van der Waals surface area (Å²) >= 11 is 1.01. The Morgan fingerprint density at radius 2 is 1.76 bits per heavy atom. The van der Waals surface area contributed by atoms with Crippen molar-refractivity contribution in [1.82, 2.24) is 15.3 Å². The number of carbonyl (C=O) groups excluding carboxylic acids is 3. The van der Waals surface area contributed by atoms with Gasteiger partial charge in [0.1, 0.15) is 0 Å². The van der Waals surface area contributed by atoms with Crippen molar-refractivity contribution in [3.8, 4) is 0 Å². The smallest absolute Gasteiger partial charge is 0.340 e. The first-order valence-corrected chi connectivity index (χ1v) is 11.5. The summed E-state index contributed by atoms with van der Waals surface area (Å²) in [4.78, 5) is 55.5.